The van der Waals surface area contributed by atoms with Crippen molar-refractivity contribution >= 4 is 34.9 Å². The standard InChI is InChI=1S/C12H13N3OS.ClH/c16-11(15-12-14-8-9-17-12)13-7-6-10-4-2-1-3-5-10;/h1-5,8-9H,6-7H2,(H2,13,14,15,16);1H. The summed E-state index contributed by atoms with van der Waals surface area (Å²) in [7, 11) is 0. The highest BCUT2D eigenvalue weighted by Gasteiger charge is 2.02. The Morgan fingerprint density at radius 2 is 2.06 bits per heavy atom. The molecule has 0 fully saturated rings. The van der Waals surface area contributed by atoms with Gasteiger partial charge in [-0.1, -0.05) is 30.3 Å². The number of nitrogens with one attached hydrogen (secondary N) is 2. The number of halogens is 1. The maximum Gasteiger partial charge on any atom is 0.321 e. The molecule has 6 heteroatoms. The summed E-state index contributed by atoms with van der Waals surface area (Å²) >= 11 is 1.40. The van der Waals surface area contributed by atoms with Gasteiger partial charge < -0.3 is 5.32 Å². The van der Waals surface area contributed by atoms with E-state index in [1.165, 1.54) is 16.9 Å². The zero-order valence-electron chi connectivity index (χ0n) is 9.63. The van der Waals surface area contributed by atoms with Crippen molar-refractivity contribution in [3.63, 3.8) is 0 Å². The molecule has 0 unspecified atom stereocenters. The van der Waals surface area contributed by atoms with E-state index in [9.17, 15) is 4.79 Å². The first-order valence-corrected chi connectivity index (χ1v) is 6.21. The average Bonchev–Trinajstić information content (AvgIpc) is 2.83. The Balaban J connectivity index is 0.00000162. The molecule has 0 saturated carbocycles. The minimum atomic E-state index is -0.212. The van der Waals surface area contributed by atoms with Crippen LogP contribution in [0.25, 0.3) is 0 Å². The van der Waals surface area contributed by atoms with Crippen LogP contribution in [0.15, 0.2) is 41.9 Å². The Hall–Kier alpha value is -1.59. The van der Waals surface area contributed by atoms with Gasteiger partial charge in [-0.3, -0.25) is 5.32 Å². The topological polar surface area (TPSA) is 54.0 Å². The van der Waals surface area contributed by atoms with Gasteiger partial charge in [0.2, 0.25) is 0 Å². The van der Waals surface area contributed by atoms with Crippen LogP contribution in [0.1, 0.15) is 5.56 Å². The van der Waals surface area contributed by atoms with E-state index in [0.717, 1.165) is 6.42 Å². The molecule has 0 bridgehead atoms. The lowest BCUT2D eigenvalue weighted by Gasteiger charge is -2.05. The third-order valence-electron chi connectivity index (χ3n) is 2.19. The van der Waals surface area contributed by atoms with E-state index >= 15 is 0 Å². The lowest BCUT2D eigenvalue weighted by molar-refractivity contribution is 0.252. The summed E-state index contributed by atoms with van der Waals surface area (Å²) in [6.45, 7) is 0.612. The molecule has 0 aliphatic heterocycles. The van der Waals surface area contributed by atoms with Crippen LogP contribution in [-0.2, 0) is 6.42 Å². The normalized spacial score (nSPS) is 9.33. The zero-order chi connectivity index (χ0) is 11.9. The van der Waals surface area contributed by atoms with Crippen LogP contribution < -0.4 is 10.6 Å². The molecule has 0 aliphatic rings. The smallest absolute Gasteiger partial charge is 0.321 e. The number of carbonyl (C=O) groups is 1. The summed E-state index contributed by atoms with van der Waals surface area (Å²) in [5, 5.41) is 7.88. The number of hydrogen-bond acceptors (Lipinski definition) is 3. The Bertz CT molecular complexity index is 461. The number of amides is 2. The van der Waals surface area contributed by atoms with E-state index < -0.39 is 0 Å². The van der Waals surface area contributed by atoms with Gasteiger partial charge >= 0.3 is 6.03 Å². The van der Waals surface area contributed by atoms with Crippen molar-refractivity contribution in [2.45, 2.75) is 6.42 Å². The SMILES string of the molecule is Cl.O=C(NCCc1ccccc1)Nc1nccs1. The van der Waals surface area contributed by atoms with Crippen molar-refractivity contribution in [3.8, 4) is 0 Å². The van der Waals surface area contributed by atoms with E-state index in [4.69, 9.17) is 0 Å². The van der Waals surface area contributed by atoms with E-state index in [1.807, 2.05) is 35.7 Å². The number of anilines is 1. The van der Waals surface area contributed by atoms with Crippen LogP contribution in [0.2, 0.25) is 0 Å². The summed E-state index contributed by atoms with van der Waals surface area (Å²) in [5.74, 6) is 0. The van der Waals surface area contributed by atoms with E-state index in [1.54, 1.807) is 6.20 Å². The molecule has 2 N–H and O–H groups in total. The molecule has 1 aromatic carbocycles. The van der Waals surface area contributed by atoms with E-state index in [2.05, 4.69) is 15.6 Å². The van der Waals surface area contributed by atoms with Gasteiger partial charge in [0.1, 0.15) is 0 Å². The second-order valence-corrected chi connectivity index (χ2v) is 4.35. The van der Waals surface area contributed by atoms with Crippen LogP contribution >= 0.6 is 23.7 Å². The fourth-order valence-corrected chi connectivity index (χ4v) is 1.92. The van der Waals surface area contributed by atoms with Crippen molar-refractivity contribution in [2.75, 3.05) is 11.9 Å². The lowest BCUT2D eigenvalue weighted by atomic mass is 10.1. The van der Waals surface area contributed by atoms with E-state index in [0.29, 0.717) is 11.7 Å². The summed E-state index contributed by atoms with van der Waals surface area (Å²) in [4.78, 5) is 15.4. The van der Waals surface area contributed by atoms with Crippen molar-refractivity contribution in [2.24, 2.45) is 0 Å². The number of carbonyl (C=O) groups excluding carboxylic acids is 1. The average molecular weight is 284 g/mol. The molecule has 96 valence electrons. The van der Waals surface area contributed by atoms with Gasteiger partial charge in [0.25, 0.3) is 0 Å². The fourth-order valence-electron chi connectivity index (χ4n) is 1.39. The minimum absolute atomic E-state index is 0. The van der Waals surface area contributed by atoms with Gasteiger partial charge in [0.05, 0.1) is 0 Å². The molecule has 2 rings (SSSR count). The van der Waals surface area contributed by atoms with Crippen LogP contribution in [0, 0.1) is 0 Å². The third kappa shape index (κ3) is 4.73. The molecule has 4 nitrogen and oxygen atoms in total. The second-order valence-electron chi connectivity index (χ2n) is 3.45. The highest BCUT2D eigenvalue weighted by molar-refractivity contribution is 7.13. The molecule has 0 saturated heterocycles. The molecule has 2 aromatic rings. The minimum Gasteiger partial charge on any atom is -0.337 e. The third-order valence-corrected chi connectivity index (χ3v) is 2.88. The Labute approximate surface area is 116 Å². The molecule has 0 atom stereocenters. The predicted molar refractivity (Wildman–Crippen MR) is 76.5 cm³/mol. The first kappa shape index (κ1) is 14.5. The maximum absolute atomic E-state index is 11.4. The van der Waals surface area contributed by atoms with Crippen LogP contribution in [0.3, 0.4) is 0 Å². The number of rotatable bonds is 4. The van der Waals surface area contributed by atoms with Gasteiger partial charge in [-0.05, 0) is 12.0 Å². The maximum atomic E-state index is 11.4. The zero-order valence-corrected chi connectivity index (χ0v) is 11.3. The van der Waals surface area contributed by atoms with Crippen LogP contribution in [0.5, 0.6) is 0 Å². The molecular weight excluding hydrogens is 270 g/mol. The second kappa shape index (κ2) is 7.68. The molecule has 0 aliphatic carbocycles. The molecule has 1 heterocycles. The lowest BCUT2D eigenvalue weighted by Crippen LogP contribution is -2.30. The van der Waals surface area contributed by atoms with Gasteiger partial charge in [0, 0.05) is 18.1 Å². The van der Waals surface area contributed by atoms with Crippen molar-refractivity contribution in [1.82, 2.24) is 10.3 Å². The molecule has 0 spiro atoms. The number of hydrogen-bond donors (Lipinski definition) is 2. The number of benzene rings is 1. The monoisotopic (exact) mass is 283 g/mol. The summed E-state index contributed by atoms with van der Waals surface area (Å²) in [6, 6.07) is 9.83. The number of aromatic nitrogens is 1. The quantitative estimate of drug-likeness (QED) is 0.906. The first-order valence-electron chi connectivity index (χ1n) is 5.33. The fraction of sp³-hybridized carbons (Fsp3) is 0.167. The molecular formula is C12H14ClN3OS. The van der Waals surface area contributed by atoms with E-state index in [-0.39, 0.29) is 18.4 Å². The molecule has 18 heavy (non-hydrogen) atoms. The molecule has 1 aromatic heterocycles. The summed E-state index contributed by atoms with van der Waals surface area (Å²) in [6.07, 6.45) is 2.48. The molecule has 2 amide bonds. The Morgan fingerprint density at radius 1 is 1.28 bits per heavy atom. The Morgan fingerprint density at radius 3 is 2.72 bits per heavy atom. The van der Waals surface area contributed by atoms with Gasteiger partial charge in [0.15, 0.2) is 5.13 Å². The molecule has 0 radical (unpaired) electrons. The largest absolute Gasteiger partial charge is 0.337 e. The number of thiazole rings is 1. The van der Waals surface area contributed by atoms with Crippen LogP contribution in [0.4, 0.5) is 9.93 Å². The van der Waals surface area contributed by atoms with Gasteiger partial charge in [-0.2, -0.15) is 0 Å². The van der Waals surface area contributed by atoms with Gasteiger partial charge in [-0.25, -0.2) is 9.78 Å². The highest BCUT2D eigenvalue weighted by atomic mass is 35.5. The van der Waals surface area contributed by atoms with Crippen molar-refractivity contribution in [1.29, 1.82) is 0 Å². The Kier molecular flexibility index (Phi) is 6.18. The van der Waals surface area contributed by atoms with Crippen molar-refractivity contribution < 1.29 is 4.79 Å². The van der Waals surface area contributed by atoms with Crippen molar-refractivity contribution in [3.05, 3.63) is 47.5 Å². The predicted octanol–water partition coefficient (Wildman–Crippen LogP) is 2.93. The highest BCUT2D eigenvalue weighted by Crippen LogP contribution is 2.09. The van der Waals surface area contributed by atoms with Gasteiger partial charge in [-0.15, -0.1) is 23.7 Å². The first-order chi connectivity index (χ1) is 8.34. The summed E-state index contributed by atoms with van der Waals surface area (Å²) < 4.78 is 0. The number of urea groups is 1. The number of nitrogens with zero attached hydrogens (tertiary/aromatic N) is 1. The summed E-state index contributed by atoms with van der Waals surface area (Å²) in [5.41, 5.74) is 1.21. The van der Waals surface area contributed by atoms with Crippen LogP contribution in [-0.4, -0.2) is 17.6 Å².